The number of ether oxygens (including phenoxy) is 1. The zero-order valence-corrected chi connectivity index (χ0v) is 11.9. The highest BCUT2D eigenvalue weighted by Crippen LogP contribution is 2.29. The van der Waals surface area contributed by atoms with Crippen LogP contribution in [0.25, 0.3) is 0 Å². The first kappa shape index (κ1) is 15.4. The van der Waals surface area contributed by atoms with Crippen LogP contribution in [0, 0.1) is 0 Å². The monoisotopic (exact) mass is 313 g/mol. The molecule has 2 N–H and O–H groups in total. The van der Waals surface area contributed by atoms with E-state index in [9.17, 15) is 13.9 Å². The van der Waals surface area contributed by atoms with Crippen molar-refractivity contribution in [3.63, 3.8) is 0 Å². The average molecular weight is 314 g/mol. The minimum absolute atomic E-state index is 0.00204. The third-order valence-corrected chi connectivity index (χ3v) is 3.22. The summed E-state index contributed by atoms with van der Waals surface area (Å²) < 4.78 is 28.8. The van der Waals surface area contributed by atoms with E-state index in [1.54, 1.807) is 30.3 Å². The van der Waals surface area contributed by atoms with Gasteiger partial charge in [0, 0.05) is 11.7 Å². The summed E-state index contributed by atoms with van der Waals surface area (Å²) in [5, 5.41) is 12.8. The van der Waals surface area contributed by atoms with Gasteiger partial charge in [0.2, 0.25) is 0 Å². The maximum Gasteiger partial charge on any atom is 0.387 e. The molecule has 0 fully saturated rings. The fourth-order valence-electron chi connectivity index (χ4n) is 1.89. The lowest BCUT2D eigenvalue weighted by atomic mass is 10.1. The molecule has 0 aliphatic carbocycles. The number of nitrogens with one attached hydrogen (secondary N) is 1. The van der Waals surface area contributed by atoms with Gasteiger partial charge in [-0.25, -0.2) is 0 Å². The summed E-state index contributed by atoms with van der Waals surface area (Å²) in [4.78, 5) is 0. The molecule has 0 aliphatic rings. The number of hydrogen-bond donors (Lipinski definition) is 2. The molecule has 112 valence electrons. The summed E-state index contributed by atoms with van der Waals surface area (Å²) in [5.41, 5.74) is 1.50. The first-order valence-corrected chi connectivity index (χ1v) is 6.63. The molecule has 0 aromatic heterocycles. The van der Waals surface area contributed by atoms with Crippen LogP contribution in [0.5, 0.6) is 11.5 Å². The molecule has 0 amide bonds. The van der Waals surface area contributed by atoms with E-state index in [1.807, 2.05) is 6.92 Å². The molecule has 0 aliphatic heterocycles. The fraction of sp³-hybridized carbons (Fsp3) is 0.200. The predicted octanol–water partition coefficient (Wildman–Crippen LogP) is 4.82. The number of halogens is 3. The molecular formula is C15H14ClF2NO2. The van der Waals surface area contributed by atoms with Crippen molar-refractivity contribution in [3.05, 3.63) is 53.1 Å². The van der Waals surface area contributed by atoms with Gasteiger partial charge in [0.05, 0.1) is 5.02 Å². The van der Waals surface area contributed by atoms with Crippen molar-refractivity contribution in [3.8, 4) is 11.5 Å². The molecule has 0 spiro atoms. The first-order valence-electron chi connectivity index (χ1n) is 6.25. The van der Waals surface area contributed by atoms with E-state index in [4.69, 9.17) is 11.6 Å². The van der Waals surface area contributed by atoms with Crippen molar-refractivity contribution in [1.82, 2.24) is 0 Å². The van der Waals surface area contributed by atoms with Gasteiger partial charge in [-0.05, 0) is 42.8 Å². The number of rotatable bonds is 5. The van der Waals surface area contributed by atoms with Crippen LogP contribution < -0.4 is 10.1 Å². The van der Waals surface area contributed by atoms with Gasteiger partial charge in [0.15, 0.2) is 0 Å². The smallest absolute Gasteiger partial charge is 0.387 e. The van der Waals surface area contributed by atoms with Crippen LogP contribution in [0.15, 0.2) is 42.5 Å². The number of benzene rings is 2. The number of phenolic OH excluding ortho intramolecular Hbond substituents is 1. The Bertz CT molecular complexity index is 622. The van der Waals surface area contributed by atoms with E-state index in [0.29, 0.717) is 5.69 Å². The van der Waals surface area contributed by atoms with Crippen molar-refractivity contribution >= 4 is 17.3 Å². The molecule has 3 nitrogen and oxygen atoms in total. The Balaban J connectivity index is 2.12. The van der Waals surface area contributed by atoms with Gasteiger partial charge in [-0.1, -0.05) is 23.7 Å². The van der Waals surface area contributed by atoms with Crippen molar-refractivity contribution < 1.29 is 18.6 Å². The van der Waals surface area contributed by atoms with E-state index >= 15 is 0 Å². The number of aromatic hydroxyl groups is 1. The van der Waals surface area contributed by atoms with E-state index in [0.717, 1.165) is 5.56 Å². The highest BCUT2D eigenvalue weighted by atomic mass is 35.5. The third kappa shape index (κ3) is 4.23. The largest absolute Gasteiger partial charge is 0.506 e. The lowest BCUT2D eigenvalue weighted by Crippen LogP contribution is -2.07. The molecule has 2 rings (SSSR count). The van der Waals surface area contributed by atoms with E-state index in [-0.39, 0.29) is 22.6 Å². The standard InChI is InChI=1S/C15H14ClF2NO2/c1-9(19-11-5-6-14(20)13(16)8-11)10-3-2-4-12(7-10)21-15(17)18/h2-9,15,19-20H,1H3. The van der Waals surface area contributed by atoms with E-state index in [2.05, 4.69) is 10.1 Å². The summed E-state index contributed by atoms with van der Waals surface area (Å²) in [6.45, 7) is -0.971. The van der Waals surface area contributed by atoms with Crippen molar-refractivity contribution in [1.29, 1.82) is 0 Å². The van der Waals surface area contributed by atoms with Crippen LogP contribution in [0.1, 0.15) is 18.5 Å². The Morgan fingerprint density at radius 2 is 1.95 bits per heavy atom. The zero-order valence-electron chi connectivity index (χ0n) is 11.2. The SMILES string of the molecule is CC(Nc1ccc(O)c(Cl)c1)c1cccc(OC(F)F)c1. The average Bonchev–Trinajstić information content (AvgIpc) is 2.42. The summed E-state index contributed by atoms with van der Waals surface area (Å²) in [6.07, 6.45) is 0. The molecule has 0 heterocycles. The molecule has 1 unspecified atom stereocenters. The molecule has 2 aromatic carbocycles. The summed E-state index contributed by atoms with van der Waals surface area (Å²) >= 11 is 5.83. The minimum Gasteiger partial charge on any atom is -0.506 e. The van der Waals surface area contributed by atoms with Gasteiger partial charge in [-0.3, -0.25) is 0 Å². The number of phenols is 1. The molecular weight excluding hydrogens is 300 g/mol. The predicted molar refractivity (Wildman–Crippen MR) is 78.2 cm³/mol. The molecule has 0 saturated heterocycles. The van der Waals surface area contributed by atoms with Crippen LogP contribution >= 0.6 is 11.6 Å². The molecule has 1 atom stereocenters. The maximum absolute atomic E-state index is 12.2. The Hall–Kier alpha value is -2.01. The van der Waals surface area contributed by atoms with Gasteiger partial charge in [-0.2, -0.15) is 8.78 Å². The van der Waals surface area contributed by atoms with E-state index < -0.39 is 6.61 Å². The van der Waals surface area contributed by atoms with Gasteiger partial charge in [-0.15, -0.1) is 0 Å². The highest BCUT2D eigenvalue weighted by Gasteiger charge is 2.10. The van der Waals surface area contributed by atoms with Crippen LogP contribution in [-0.2, 0) is 0 Å². The van der Waals surface area contributed by atoms with Gasteiger partial charge >= 0.3 is 6.61 Å². The Morgan fingerprint density at radius 3 is 2.62 bits per heavy atom. The Labute approximate surface area is 126 Å². The Morgan fingerprint density at radius 1 is 1.19 bits per heavy atom. The summed E-state index contributed by atoms with van der Waals surface area (Å²) in [7, 11) is 0. The van der Waals surface area contributed by atoms with Gasteiger partial charge < -0.3 is 15.2 Å². The number of anilines is 1. The van der Waals surface area contributed by atoms with Crippen LogP contribution in [0.2, 0.25) is 5.02 Å². The highest BCUT2D eigenvalue weighted by molar-refractivity contribution is 6.32. The molecule has 0 saturated carbocycles. The van der Waals surface area contributed by atoms with Crippen molar-refractivity contribution in [2.45, 2.75) is 19.6 Å². The first-order chi connectivity index (χ1) is 9.95. The fourth-order valence-corrected chi connectivity index (χ4v) is 2.07. The lowest BCUT2D eigenvalue weighted by Gasteiger charge is -2.17. The Kier molecular flexibility index (Phi) is 4.85. The third-order valence-electron chi connectivity index (χ3n) is 2.91. The molecule has 0 radical (unpaired) electrons. The van der Waals surface area contributed by atoms with Gasteiger partial charge in [0.1, 0.15) is 11.5 Å². The molecule has 6 heteroatoms. The number of hydrogen-bond acceptors (Lipinski definition) is 3. The summed E-state index contributed by atoms with van der Waals surface area (Å²) in [5.74, 6) is 0.113. The quantitative estimate of drug-likeness (QED) is 0.778. The van der Waals surface area contributed by atoms with Crippen molar-refractivity contribution in [2.75, 3.05) is 5.32 Å². The van der Waals surface area contributed by atoms with Crippen LogP contribution in [0.3, 0.4) is 0 Å². The second-order valence-corrected chi connectivity index (χ2v) is 4.89. The lowest BCUT2D eigenvalue weighted by molar-refractivity contribution is -0.0498. The van der Waals surface area contributed by atoms with Crippen LogP contribution in [-0.4, -0.2) is 11.7 Å². The van der Waals surface area contributed by atoms with Crippen LogP contribution in [0.4, 0.5) is 14.5 Å². The molecule has 21 heavy (non-hydrogen) atoms. The molecule has 2 aromatic rings. The number of alkyl halides is 2. The van der Waals surface area contributed by atoms with E-state index in [1.165, 1.54) is 12.1 Å². The zero-order chi connectivity index (χ0) is 15.4. The topological polar surface area (TPSA) is 41.5 Å². The van der Waals surface area contributed by atoms with Crippen molar-refractivity contribution in [2.24, 2.45) is 0 Å². The summed E-state index contributed by atoms with van der Waals surface area (Å²) in [6, 6.07) is 11.1. The molecule has 0 bridgehead atoms. The normalized spacial score (nSPS) is 12.2. The van der Waals surface area contributed by atoms with Gasteiger partial charge in [0.25, 0.3) is 0 Å². The maximum atomic E-state index is 12.2. The minimum atomic E-state index is -2.85. The second-order valence-electron chi connectivity index (χ2n) is 4.48. The second kappa shape index (κ2) is 6.63.